The van der Waals surface area contributed by atoms with Crippen molar-refractivity contribution in [2.24, 2.45) is 5.92 Å². The van der Waals surface area contributed by atoms with Crippen LogP contribution in [-0.2, 0) is 4.79 Å². The summed E-state index contributed by atoms with van der Waals surface area (Å²) in [5.74, 6) is -0.0571. The first-order valence-electron chi connectivity index (χ1n) is 8.52. The molecule has 2 aromatic carbocycles. The van der Waals surface area contributed by atoms with E-state index >= 15 is 0 Å². The molecular formula is C19H21N3O3S. The van der Waals surface area contributed by atoms with E-state index in [1.54, 1.807) is 30.0 Å². The van der Waals surface area contributed by atoms with Crippen molar-refractivity contribution in [1.82, 2.24) is 0 Å². The van der Waals surface area contributed by atoms with Crippen LogP contribution in [0.15, 0.2) is 53.4 Å². The summed E-state index contributed by atoms with van der Waals surface area (Å²) in [6.45, 7) is 1.27. The Hall–Kier alpha value is -2.54. The van der Waals surface area contributed by atoms with Crippen LogP contribution in [-0.4, -0.2) is 30.2 Å². The van der Waals surface area contributed by atoms with Crippen molar-refractivity contribution in [2.75, 3.05) is 29.6 Å². The van der Waals surface area contributed by atoms with Crippen molar-refractivity contribution < 1.29 is 9.72 Å². The molecule has 1 fully saturated rings. The second-order valence-electron chi connectivity index (χ2n) is 6.22. The third-order valence-corrected chi connectivity index (χ3v) is 5.39. The van der Waals surface area contributed by atoms with Crippen LogP contribution in [0.4, 0.5) is 17.1 Å². The lowest BCUT2D eigenvalue weighted by atomic mass is 9.95. The average molecular weight is 371 g/mol. The predicted molar refractivity (Wildman–Crippen MR) is 105 cm³/mol. The van der Waals surface area contributed by atoms with Crippen LogP contribution in [0.2, 0.25) is 0 Å². The Morgan fingerprint density at radius 1 is 1.15 bits per heavy atom. The van der Waals surface area contributed by atoms with Gasteiger partial charge in [-0.1, -0.05) is 12.1 Å². The van der Waals surface area contributed by atoms with E-state index in [1.807, 2.05) is 35.4 Å². The number of hydrogen-bond donors (Lipinski definition) is 1. The summed E-state index contributed by atoms with van der Waals surface area (Å²) in [5.41, 5.74) is 1.54. The number of anilines is 2. The van der Waals surface area contributed by atoms with Crippen LogP contribution in [0.25, 0.3) is 0 Å². The highest BCUT2D eigenvalue weighted by Gasteiger charge is 2.28. The molecule has 0 saturated carbocycles. The van der Waals surface area contributed by atoms with E-state index in [-0.39, 0.29) is 22.4 Å². The number of nitrogens with one attached hydrogen (secondary N) is 1. The predicted octanol–water partition coefficient (Wildman–Crippen LogP) is 4.17. The third-order valence-electron chi connectivity index (χ3n) is 4.64. The second kappa shape index (κ2) is 8.23. The second-order valence-corrected chi connectivity index (χ2v) is 7.10. The van der Waals surface area contributed by atoms with Crippen molar-refractivity contribution in [1.29, 1.82) is 0 Å². The van der Waals surface area contributed by atoms with Gasteiger partial charge in [-0.3, -0.25) is 14.9 Å². The summed E-state index contributed by atoms with van der Waals surface area (Å²) in [5, 5.41) is 14.2. The number of carbonyl (C=O) groups excluding carboxylic acids is 1. The summed E-state index contributed by atoms with van der Waals surface area (Å²) < 4.78 is 0. The number of nitro groups is 1. The largest absolute Gasteiger partial charge is 0.366 e. The van der Waals surface area contributed by atoms with E-state index in [1.165, 1.54) is 6.07 Å². The molecule has 1 amide bonds. The van der Waals surface area contributed by atoms with Crippen LogP contribution < -0.4 is 10.2 Å². The van der Waals surface area contributed by atoms with Gasteiger partial charge in [0.05, 0.1) is 4.92 Å². The number of thioether (sulfide) groups is 1. The summed E-state index contributed by atoms with van der Waals surface area (Å²) in [7, 11) is 0. The SMILES string of the molecule is CSc1ccc(NC(=O)C2CCN(c3ccccc3[N+](=O)[O-])CC2)cc1. The van der Waals surface area contributed by atoms with Gasteiger partial charge in [0.1, 0.15) is 5.69 Å². The molecule has 136 valence electrons. The molecule has 1 N–H and O–H groups in total. The molecule has 26 heavy (non-hydrogen) atoms. The molecule has 1 saturated heterocycles. The monoisotopic (exact) mass is 371 g/mol. The van der Waals surface area contributed by atoms with E-state index in [4.69, 9.17) is 0 Å². The van der Waals surface area contributed by atoms with Gasteiger partial charge in [0.15, 0.2) is 0 Å². The van der Waals surface area contributed by atoms with Crippen LogP contribution in [0.1, 0.15) is 12.8 Å². The summed E-state index contributed by atoms with van der Waals surface area (Å²) in [6.07, 6.45) is 3.37. The number of amides is 1. The average Bonchev–Trinajstić information content (AvgIpc) is 2.68. The zero-order valence-electron chi connectivity index (χ0n) is 14.6. The maximum absolute atomic E-state index is 12.5. The van der Waals surface area contributed by atoms with Gasteiger partial charge in [-0.25, -0.2) is 0 Å². The molecule has 1 aliphatic rings. The maximum Gasteiger partial charge on any atom is 0.292 e. The highest BCUT2D eigenvalue weighted by Crippen LogP contribution is 2.31. The Bertz CT molecular complexity index is 787. The fraction of sp³-hybridized carbons (Fsp3) is 0.316. The lowest BCUT2D eigenvalue weighted by molar-refractivity contribution is -0.384. The van der Waals surface area contributed by atoms with E-state index in [0.717, 1.165) is 10.6 Å². The number of nitrogens with zero attached hydrogens (tertiary/aromatic N) is 2. The van der Waals surface area contributed by atoms with E-state index in [0.29, 0.717) is 31.6 Å². The molecule has 2 aromatic rings. The normalized spacial score (nSPS) is 14.9. The lowest BCUT2D eigenvalue weighted by Gasteiger charge is -2.32. The highest BCUT2D eigenvalue weighted by atomic mass is 32.2. The van der Waals surface area contributed by atoms with Crippen LogP contribution in [0.5, 0.6) is 0 Å². The summed E-state index contributed by atoms with van der Waals surface area (Å²) >= 11 is 1.66. The van der Waals surface area contributed by atoms with Gasteiger partial charge in [0, 0.05) is 35.7 Å². The number of nitro benzene ring substituents is 1. The van der Waals surface area contributed by atoms with Gasteiger partial charge < -0.3 is 10.2 Å². The van der Waals surface area contributed by atoms with Gasteiger partial charge in [-0.05, 0) is 49.4 Å². The van der Waals surface area contributed by atoms with Crippen molar-refractivity contribution >= 4 is 34.7 Å². The number of para-hydroxylation sites is 2. The minimum absolute atomic E-state index is 0.0177. The minimum Gasteiger partial charge on any atom is -0.366 e. The molecule has 6 nitrogen and oxygen atoms in total. The van der Waals surface area contributed by atoms with E-state index in [2.05, 4.69) is 5.32 Å². The van der Waals surface area contributed by atoms with Crippen molar-refractivity contribution in [2.45, 2.75) is 17.7 Å². The molecule has 0 radical (unpaired) electrons. The first-order chi connectivity index (χ1) is 12.6. The number of rotatable bonds is 5. The molecule has 0 bridgehead atoms. The molecule has 0 aliphatic carbocycles. The smallest absolute Gasteiger partial charge is 0.292 e. The fourth-order valence-electron chi connectivity index (χ4n) is 3.19. The quantitative estimate of drug-likeness (QED) is 0.485. The van der Waals surface area contributed by atoms with Gasteiger partial charge in [0.25, 0.3) is 5.69 Å². The van der Waals surface area contributed by atoms with Crippen molar-refractivity contribution in [3.63, 3.8) is 0 Å². The molecule has 3 rings (SSSR count). The standard InChI is InChI=1S/C19H21N3O3S/c1-26-16-8-6-15(7-9-16)20-19(23)14-10-12-21(13-11-14)17-4-2-3-5-18(17)22(24)25/h2-9,14H,10-13H2,1H3,(H,20,23). The van der Waals surface area contributed by atoms with Gasteiger partial charge in [-0.2, -0.15) is 0 Å². The van der Waals surface area contributed by atoms with Gasteiger partial charge in [-0.15, -0.1) is 11.8 Å². The lowest BCUT2D eigenvalue weighted by Crippen LogP contribution is -2.38. The number of hydrogen-bond acceptors (Lipinski definition) is 5. The van der Waals surface area contributed by atoms with E-state index < -0.39 is 0 Å². The zero-order valence-corrected chi connectivity index (χ0v) is 15.4. The van der Waals surface area contributed by atoms with Gasteiger partial charge >= 0.3 is 0 Å². The van der Waals surface area contributed by atoms with Crippen molar-refractivity contribution in [3.05, 3.63) is 58.6 Å². The Morgan fingerprint density at radius 3 is 2.42 bits per heavy atom. The maximum atomic E-state index is 12.5. The molecule has 7 heteroatoms. The number of benzene rings is 2. The Labute approximate surface area is 156 Å². The van der Waals surface area contributed by atoms with E-state index in [9.17, 15) is 14.9 Å². The molecular weight excluding hydrogens is 350 g/mol. The fourth-order valence-corrected chi connectivity index (χ4v) is 3.60. The first kappa shape index (κ1) is 18.3. The molecule has 0 spiro atoms. The molecule has 0 aromatic heterocycles. The molecule has 0 unspecified atom stereocenters. The highest BCUT2D eigenvalue weighted by molar-refractivity contribution is 7.98. The number of carbonyl (C=O) groups is 1. The molecule has 1 aliphatic heterocycles. The zero-order chi connectivity index (χ0) is 18.5. The van der Waals surface area contributed by atoms with Crippen molar-refractivity contribution in [3.8, 4) is 0 Å². The Morgan fingerprint density at radius 2 is 1.81 bits per heavy atom. The first-order valence-corrected chi connectivity index (χ1v) is 9.74. The molecule has 0 atom stereocenters. The van der Waals surface area contributed by atoms with Crippen LogP contribution in [0, 0.1) is 16.0 Å². The molecule has 1 heterocycles. The summed E-state index contributed by atoms with van der Waals surface area (Å²) in [4.78, 5) is 26.5. The Kier molecular flexibility index (Phi) is 5.78. The van der Waals surface area contributed by atoms with Crippen LogP contribution >= 0.6 is 11.8 Å². The third kappa shape index (κ3) is 4.16. The minimum atomic E-state index is -0.355. The summed E-state index contributed by atoms with van der Waals surface area (Å²) in [6, 6.07) is 14.6. The Balaban J connectivity index is 1.59. The number of piperidine rings is 1. The van der Waals surface area contributed by atoms with Crippen LogP contribution in [0.3, 0.4) is 0 Å². The van der Waals surface area contributed by atoms with Gasteiger partial charge in [0.2, 0.25) is 5.91 Å². The topological polar surface area (TPSA) is 75.5 Å².